The monoisotopic (exact) mass is 438 g/mol. The van der Waals surface area contributed by atoms with Crippen molar-refractivity contribution in [1.29, 1.82) is 0 Å². The van der Waals surface area contributed by atoms with Crippen LogP contribution >= 0.6 is 11.6 Å². The first kappa shape index (κ1) is 21.9. The molecule has 3 aromatic rings. The first-order valence-corrected chi connectivity index (χ1v) is 9.60. The van der Waals surface area contributed by atoms with Crippen molar-refractivity contribution < 1.29 is 14.5 Å². The Morgan fingerprint density at radius 2 is 1.77 bits per heavy atom. The molecule has 3 rings (SSSR count). The molecule has 31 heavy (non-hydrogen) atoms. The Kier molecular flexibility index (Phi) is 6.64. The van der Waals surface area contributed by atoms with E-state index in [0.717, 1.165) is 17.2 Å². The second-order valence-electron chi connectivity index (χ2n) is 6.85. The Labute approximate surface area is 183 Å². The molecule has 0 bridgehead atoms. The van der Waals surface area contributed by atoms with Gasteiger partial charge in [-0.1, -0.05) is 54.1 Å². The van der Waals surface area contributed by atoms with Gasteiger partial charge in [0.15, 0.2) is 0 Å². The SMILES string of the molecule is NC(Cc1ccc(NC(=O)c2cc([N+](=O)[O-])ccc2Cl)cc1)(NC=O)c1ccccc1. The molecule has 2 amide bonds. The quantitative estimate of drug-likeness (QED) is 0.214. The molecule has 0 aliphatic rings. The van der Waals surface area contributed by atoms with Crippen LogP contribution in [0.2, 0.25) is 5.02 Å². The molecule has 0 spiro atoms. The Morgan fingerprint density at radius 3 is 2.39 bits per heavy atom. The smallest absolute Gasteiger partial charge is 0.270 e. The molecule has 0 saturated carbocycles. The molecule has 0 radical (unpaired) electrons. The zero-order valence-electron chi connectivity index (χ0n) is 16.2. The fourth-order valence-electron chi connectivity index (χ4n) is 3.10. The number of hydrogen-bond acceptors (Lipinski definition) is 5. The van der Waals surface area contributed by atoms with Gasteiger partial charge in [0, 0.05) is 24.2 Å². The maximum Gasteiger partial charge on any atom is 0.270 e. The van der Waals surface area contributed by atoms with E-state index >= 15 is 0 Å². The molecule has 0 aromatic heterocycles. The van der Waals surface area contributed by atoms with Gasteiger partial charge in [-0.2, -0.15) is 0 Å². The summed E-state index contributed by atoms with van der Waals surface area (Å²) >= 11 is 6.02. The predicted octanol–water partition coefficient (Wildman–Crippen LogP) is 3.60. The summed E-state index contributed by atoms with van der Waals surface area (Å²) in [5, 5.41) is 16.4. The number of benzene rings is 3. The van der Waals surface area contributed by atoms with Crippen LogP contribution in [0.5, 0.6) is 0 Å². The Hall–Kier alpha value is -3.75. The van der Waals surface area contributed by atoms with Crippen molar-refractivity contribution in [3.8, 4) is 0 Å². The highest BCUT2D eigenvalue weighted by atomic mass is 35.5. The van der Waals surface area contributed by atoms with Gasteiger partial charge in [-0.25, -0.2) is 0 Å². The van der Waals surface area contributed by atoms with E-state index in [1.54, 1.807) is 24.3 Å². The topological polar surface area (TPSA) is 127 Å². The van der Waals surface area contributed by atoms with E-state index in [1.165, 1.54) is 12.1 Å². The Morgan fingerprint density at radius 1 is 1.10 bits per heavy atom. The highest BCUT2D eigenvalue weighted by molar-refractivity contribution is 6.34. The molecule has 0 heterocycles. The van der Waals surface area contributed by atoms with Crippen molar-refractivity contribution >= 4 is 35.3 Å². The number of nitro benzene ring substituents is 1. The minimum atomic E-state index is -1.09. The highest BCUT2D eigenvalue weighted by Crippen LogP contribution is 2.24. The molecule has 0 aliphatic heterocycles. The van der Waals surface area contributed by atoms with Crippen molar-refractivity contribution in [2.45, 2.75) is 12.1 Å². The number of rotatable bonds is 8. The van der Waals surface area contributed by atoms with Crippen molar-refractivity contribution in [1.82, 2.24) is 5.32 Å². The van der Waals surface area contributed by atoms with Gasteiger partial charge in [-0.05, 0) is 29.3 Å². The molecule has 8 nitrogen and oxygen atoms in total. The second-order valence-corrected chi connectivity index (χ2v) is 7.26. The molecule has 1 unspecified atom stereocenters. The Balaban J connectivity index is 1.76. The number of anilines is 1. The van der Waals surface area contributed by atoms with Crippen molar-refractivity contribution in [2.24, 2.45) is 5.73 Å². The number of amides is 2. The standard InChI is InChI=1S/C22H19ClN4O4/c23-20-11-10-18(27(30)31)12-19(20)21(29)26-17-8-6-15(7-9-17)13-22(24,25-14-28)16-4-2-1-3-5-16/h1-12,14H,13,24H2,(H,25,28)(H,26,29). The molecular weight excluding hydrogens is 420 g/mol. The number of nitrogens with two attached hydrogens (primary N) is 1. The lowest BCUT2D eigenvalue weighted by atomic mass is 9.92. The van der Waals surface area contributed by atoms with E-state index in [9.17, 15) is 19.7 Å². The summed E-state index contributed by atoms with van der Waals surface area (Å²) in [6.07, 6.45) is 0.880. The van der Waals surface area contributed by atoms with Crippen LogP contribution in [0.1, 0.15) is 21.5 Å². The number of nitrogens with zero attached hydrogens (tertiary/aromatic N) is 1. The van der Waals surface area contributed by atoms with Gasteiger partial charge in [0.05, 0.1) is 15.5 Å². The maximum atomic E-state index is 12.5. The number of nitro groups is 1. The van der Waals surface area contributed by atoms with Crippen molar-refractivity contribution in [3.63, 3.8) is 0 Å². The van der Waals surface area contributed by atoms with Crippen molar-refractivity contribution in [2.75, 3.05) is 5.32 Å². The van der Waals surface area contributed by atoms with Crippen LogP contribution in [-0.4, -0.2) is 17.2 Å². The summed E-state index contributed by atoms with van der Waals surface area (Å²) in [5.74, 6) is -0.568. The number of non-ortho nitro benzene ring substituents is 1. The first-order chi connectivity index (χ1) is 14.8. The largest absolute Gasteiger partial charge is 0.337 e. The van der Waals surface area contributed by atoms with E-state index in [0.29, 0.717) is 18.5 Å². The van der Waals surface area contributed by atoms with Gasteiger partial charge in [-0.3, -0.25) is 19.7 Å². The third kappa shape index (κ3) is 5.25. The van der Waals surface area contributed by atoms with E-state index in [-0.39, 0.29) is 16.3 Å². The predicted molar refractivity (Wildman–Crippen MR) is 118 cm³/mol. The zero-order chi connectivity index (χ0) is 22.4. The molecule has 158 valence electrons. The van der Waals surface area contributed by atoms with Crippen LogP contribution in [0.4, 0.5) is 11.4 Å². The molecule has 3 aromatic carbocycles. The van der Waals surface area contributed by atoms with Crippen LogP contribution in [0.15, 0.2) is 72.8 Å². The molecule has 9 heteroatoms. The molecule has 0 fully saturated rings. The minimum Gasteiger partial charge on any atom is -0.337 e. The maximum absolute atomic E-state index is 12.5. The highest BCUT2D eigenvalue weighted by Gasteiger charge is 2.27. The number of halogens is 1. The zero-order valence-corrected chi connectivity index (χ0v) is 17.0. The van der Waals surface area contributed by atoms with Gasteiger partial charge >= 0.3 is 0 Å². The summed E-state index contributed by atoms with van der Waals surface area (Å²) in [5.41, 5.74) is 7.16. The number of carbonyl (C=O) groups excluding carboxylic acids is 2. The lowest BCUT2D eigenvalue weighted by Gasteiger charge is -2.29. The number of nitrogens with one attached hydrogen (secondary N) is 2. The molecule has 4 N–H and O–H groups in total. The normalized spacial score (nSPS) is 12.5. The van der Waals surface area contributed by atoms with E-state index in [1.807, 2.05) is 30.3 Å². The van der Waals surface area contributed by atoms with Crippen LogP contribution in [0.25, 0.3) is 0 Å². The molecule has 1 atom stereocenters. The van der Waals surface area contributed by atoms with Gasteiger partial charge in [0.25, 0.3) is 11.6 Å². The second kappa shape index (κ2) is 9.38. The Bertz CT molecular complexity index is 1110. The minimum absolute atomic E-state index is 0.000166. The van der Waals surface area contributed by atoms with E-state index in [2.05, 4.69) is 10.6 Å². The number of carbonyl (C=O) groups is 2. The third-order valence-electron chi connectivity index (χ3n) is 4.71. The van der Waals surface area contributed by atoms with Gasteiger partial charge in [0.2, 0.25) is 6.41 Å². The summed E-state index contributed by atoms with van der Waals surface area (Å²) in [6.45, 7) is 0. The lowest BCUT2D eigenvalue weighted by molar-refractivity contribution is -0.384. The molecular formula is C22H19ClN4O4. The van der Waals surface area contributed by atoms with Gasteiger partial charge in [0.1, 0.15) is 5.66 Å². The average Bonchev–Trinajstić information content (AvgIpc) is 2.76. The van der Waals surface area contributed by atoms with Crippen LogP contribution in [-0.2, 0) is 16.9 Å². The fourth-order valence-corrected chi connectivity index (χ4v) is 3.31. The molecule has 0 aliphatic carbocycles. The van der Waals surface area contributed by atoms with Crippen molar-refractivity contribution in [3.05, 3.63) is 105 Å². The van der Waals surface area contributed by atoms with Crippen LogP contribution in [0, 0.1) is 10.1 Å². The van der Waals surface area contributed by atoms with Crippen LogP contribution in [0.3, 0.4) is 0 Å². The van der Waals surface area contributed by atoms with Gasteiger partial charge in [-0.15, -0.1) is 0 Å². The van der Waals surface area contributed by atoms with E-state index < -0.39 is 16.5 Å². The summed E-state index contributed by atoms with van der Waals surface area (Å²) in [6, 6.07) is 19.7. The van der Waals surface area contributed by atoms with Gasteiger partial charge < -0.3 is 16.4 Å². The average molecular weight is 439 g/mol. The first-order valence-electron chi connectivity index (χ1n) is 9.22. The van der Waals surface area contributed by atoms with Crippen LogP contribution < -0.4 is 16.4 Å². The summed E-state index contributed by atoms with van der Waals surface area (Å²) in [4.78, 5) is 33.9. The fraction of sp³-hybridized carbons (Fsp3) is 0.0909. The summed E-state index contributed by atoms with van der Waals surface area (Å²) < 4.78 is 0. The van der Waals surface area contributed by atoms with E-state index in [4.69, 9.17) is 17.3 Å². The number of hydrogen-bond donors (Lipinski definition) is 3. The lowest BCUT2D eigenvalue weighted by Crippen LogP contribution is -2.51. The third-order valence-corrected chi connectivity index (χ3v) is 5.04. The molecule has 0 saturated heterocycles. The summed E-state index contributed by atoms with van der Waals surface area (Å²) in [7, 11) is 0.